The number of halogens is 3. The Morgan fingerprint density at radius 2 is 1.95 bits per heavy atom. The van der Waals surface area contributed by atoms with Crippen LogP contribution in [0, 0.1) is 6.92 Å². The number of ether oxygens (including phenoxy) is 1. The molecule has 1 aliphatic heterocycles. The van der Waals surface area contributed by atoms with E-state index in [2.05, 4.69) is 30.6 Å². The van der Waals surface area contributed by atoms with Crippen molar-refractivity contribution in [2.24, 2.45) is 0 Å². The van der Waals surface area contributed by atoms with Gasteiger partial charge in [0.05, 0.1) is 24.5 Å². The summed E-state index contributed by atoms with van der Waals surface area (Å²) in [6.45, 7) is 3.64. The number of carbonyl (C=O) groups is 2. The van der Waals surface area contributed by atoms with Crippen LogP contribution in [0.3, 0.4) is 0 Å². The van der Waals surface area contributed by atoms with Gasteiger partial charge in [-0.15, -0.1) is 23.4 Å². The van der Waals surface area contributed by atoms with E-state index in [1.54, 1.807) is 27.8 Å². The molecule has 2 aromatic heterocycles. The summed E-state index contributed by atoms with van der Waals surface area (Å²) in [6.07, 6.45) is -0.311. The van der Waals surface area contributed by atoms with Crippen molar-refractivity contribution >= 4 is 17.6 Å². The van der Waals surface area contributed by atoms with Crippen LogP contribution in [0.1, 0.15) is 29.8 Å². The fourth-order valence-electron chi connectivity index (χ4n) is 4.16. The summed E-state index contributed by atoms with van der Waals surface area (Å²) in [6, 6.07) is 9.14. The van der Waals surface area contributed by atoms with Crippen LogP contribution in [0.2, 0.25) is 0 Å². The zero-order valence-electron chi connectivity index (χ0n) is 21.4. The van der Waals surface area contributed by atoms with E-state index in [1.165, 1.54) is 23.1 Å². The van der Waals surface area contributed by atoms with E-state index in [4.69, 9.17) is 0 Å². The van der Waals surface area contributed by atoms with Gasteiger partial charge in [0.25, 0.3) is 0 Å². The molecular formula is C25H29F3N8O3. The molecule has 208 valence electrons. The molecule has 0 atom stereocenters. The summed E-state index contributed by atoms with van der Waals surface area (Å²) in [7, 11) is 0. The van der Waals surface area contributed by atoms with Gasteiger partial charge in [0.1, 0.15) is 5.75 Å². The Morgan fingerprint density at radius 1 is 1.10 bits per heavy atom. The van der Waals surface area contributed by atoms with E-state index in [-0.39, 0.29) is 37.2 Å². The average Bonchev–Trinajstić information content (AvgIpc) is 3.28. The summed E-state index contributed by atoms with van der Waals surface area (Å²) in [5.74, 6) is -0.648. The third-order valence-corrected chi connectivity index (χ3v) is 5.98. The summed E-state index contributed by atoms with van der Waals surface area (Å²) in [5, 5.41) is 18.8. The molecule has 0 aliphatic carbocycles. The highest BCUT2D eigenvalue weighted by molar-refractivity contribution is 5.94. The van der Waals surface area contributed by atoms with Gasteiger partial charge in [0.15, 0.2) is 5.82 Å². The van der Waals surface area contributed by atoms with E-state index in [1.807, 2.05) is 13.1 Å². The van der Waals surface area contributed by atoms with Gasteiger partial charge in [0.2, 0.25) is 11.8 Å². The number of hydrogen-bond acceptors (Lipinski definition) is 8. The number of rotatable bonds is 11. The van der Waals surface area contributed by atoms with E-state index in [0.29, 0.717) is 24.5 Å². The zero-order valence-corrected chi connectivity index (χ0v) is 21.4. The van der Waals surface area contributed by atoms with Gasteiger partial charge in [0, 0.05) is 32.4 Å². The first-order valence-corrected chi connectivity index (χ1v) is 12.5. The predicted molar refractivity (Wildman–Crippen MR) is 133 cm³/mol. The topological polar surface area (TPSA) is 118 Å². The summed E-state index contributed by atoms with van der Waals surface area (Å²) >= 11 is 0. The zero-order chi connectivity index (χ0) is 27.8. The first kappa shape index (κ1) is 28.0. The van der Waals surface area contributed by atoms with Gasteiger partial charge in [-0.25, -0.2) is 0 Å². The van der Waals surface area contributed by atoms with Gasteiger partial charge in [-0.1, -0.05) is 17.3 Å². The highest BCUT2D eigenvalue weighted by Gasteiger charge is 2.31. The van der Waals surface area contributed by atoms with Crippen LogP contribution < -0.4 is 10.1 Å². The number of aromatic nitrogens is 5. The number of unbranched alkanes of at least 4 members (excludes halogenated alkanes) is 1. The molecular weight excluding hydrogens is 517 g/mol. The maximum atomic E-state index is 12.6. The van der Waals surface area contributed by atoms with Gasteiger partial charge in [-0.05, 0) is 56.0 Å². The molecule has 3 aromatic rings. The minimum absolute atomic E-state index is 0.0443. The number of aryl methyl sites for hydroxylation is 3. The Kier molecular flexibility index (Phi) is 9.07. The van der Waals surface area contributed by atoms with Crippen LogP contribution in [0.5, 0.6) is 5.75 Å². The van der Waals surface area contributed by atoms with Crippen LogP contribution in [-0.2, 0) is 29.1 Å². The number of carbonyl (C=O) groups excluding carboxylic acids is 2. The van der Waals surface area contributed by atoms with Crippen molar-refractivity contribution in [3.63, 3.8) is 0 Å². The summed E-state index contributed by atoms with van der Waals surface area (Å²) in [4.78, 5) is 28.3. The Bertz CT molecular complexity index is 1270. The lowest BCUT2D eigenvalue weighted by molar-refractivity contribution is -0.274. The molecule has 2 amide bonds. The molecule has 14 heteroatoms. The lowest BCUT2D eigenvalue weighted by Crippen LogP contribution is -2.51. The Hall–Kier alpha value is -4.07. The SMILES string of the molecule is Cc1cn(CCCCc2ccc(NC(=O)CN3CCN(Cc4cccc(OC(F)(F)F)c4)CC3=O)nn2)nn1. The molecule has 0 radical (unpaired) electrons. The fourth-order valence-corrected chi connectivity index (χ4v) is 4.16. The number of nitrogens with one attached hydrogen (secondary N) is 1. The first-order chi connectivity index (χ1) is 18.6. The normalized spacial score (nSPS) is 14.5. The number of piperazine rings is 1. The highest BCUT2D eigenvalue weighted by Crippen LogP contribution is 2.24. The molecule has 1 N–H and O–H groups in total. The van der Waals surface area contributed by atoms with Crippen molar-refractivity contribution in [1.29, 1.82) is 0 Å². The van der Waals surface area contributed by atoms with Crippen LogP contribution in [0.4, 0.5) is 19.0 Å². The predicted octanol–water partition coefficient (Wildman–Crippen LogP) is 2.58. The lowest BCUT2D eigenvalue weighted by Gasteiger charge is -2.33. The van der Waals surface area contributed by atoms with Crippen molar-refractivity contribution in [3.05, 3.63) is 59.5 Å². The number of anilines is 1. The molecule has 0 spiro atoms. The highest BCUT2D eigenvalue weighted by atomic mass is 19.4. The van der Waals surface area contributed by atoms with E-state index in [0.717, 1.165) is 37.2 Å². The molecule has 0 unspecified atom stereocenters. The minimum atomic E-state index is -4.77. The minimum Gasteiger partial charge on any atom is -0.406 e. The van der Waals surface area contributed by atoms with E-state index >= 15 is 0 Å². The molecule has 1 aliphatic rings. The Morgan fingerprint density at radius 3 is 2.64 bits per heavy atom. The summed E-state index contributed by atoms with van der Waals surface area (Å²) in [5.41, 5.74) is 2.28. The third-order valence-electron chi connectivity index (χ3n) is 5.98. The number of nitrogens with zero attached hydrogens (tertiary/aromatic N) is 7. The second-order valence-corrected chi connectivity index (χ2v) is 9.26. The van der Waals surface area contributed by atoms with Crippen molar-refractivity contribution in [2.75, 3.05) is 31.5 Å². The molecule has 1 aromatic carbocycles. The third kappa shape index (κ3) is 9.02. The Balaban J connectivity index is 1.17. The van der Waals surface area contributed by atoms with Crippen LogP contribution in [0.25, 0.3) is 0 Å². The molecule has 1 saturated heterocycles. The molecule has 3 heterocycles. The molecule has 4 rings (SSSR count). The van der Waals surface area contributed by atoms with Crippen molar-refractivity contribution in [2.45, 2.75) is 45.6 Å². The van der Waals surface area contributed by atoms with Gasteiger partial charge < -0.3 is 15.0 Å². The molecule has 0 bridgehead atoms. The molecule has 11 nitrogen and oxygen atoms in total. The van der Waals surface area contributed by atoms with Gasteiger partial charge in [-0.2, -0.15) is 5.10 Å². The number of amides is 2. The first-order valence-electron chi connectivity index (χ1n) is 12.5. The number of hydrogen-bond donors (Lipinski definition) is 1. The Labute approximate surface area is 222 Å². The van der Waals surface area contributed by atoms with E-state index in [9.17, 15) is 22.8 Å². The van der Waals surface area contributed by atoms with Gasteiger partial charge >= 0.3 is 6.36 Å². The van der Waals surface area contributed by atoms with Crippen molar-refractivity contribution in [1.82, 2.24) is 35.0 Å². The van der Waals surface area contributed by atoms with Crippen molar-refractivity contribution < 1.29 is 27.5 Å². The van der Waals surface area contributed by atoms with Crippen LogP contribution in [-0.4, -0.2) is 79.3 Å². The van der Waals surface area contributed by atoms with Crippen LogP contribution >= 0.6 is 0 Å². The average molecular weight is 547 g/mol. The van der Waals surface area contributed by atoms with Gasteiger partial charge in [-0.3, -0.25) is 19.2 Å². The lowest BCUT2D eigenvalue weighted by atomic mass is 10.2. The number of benzene rings is 1. The molecule has 1 fully saturated rings. The fraction of sp³-hybridized carbons (Fsp3) is 0.440. The van der Waals surface area contributed by atoms with E-state index < -0.39 is 6.36 Å². The molecule has 39 heavy (non-hydrogen) atoms. The maximum Gasteiger partial charge on any atom is 0.573 e. The summed E-state index contributed by atoms with van der Waals surface area (Å²) < 4.78 is 43.2. The van der Waals surface area contributed by atoms with Crippen LogP contribution in [0.15, 0.2) is 42.6 Å². The second kappa shape index (κ2) is 12.7. The number of alkyl halides is 3. The largest absolute Gasteiger partial charge is 0.573 e. The quantitative estimate of drug-likeness (QED) is 0.365. The standard InChI is InChI=1S/C25H29F3N8O3/c1-18-14-36(33-30-18)10-3-2-6-20-8-9-22(32-31-20)29-23(37)16-35-12-11-34(17-24(35)38)15-19-5-4-7-21(13-19)39-25(26,27)28/h4-5,7-9,13-14H,2-3,6,10-12,15-17H2,1H3,(H,29,32,37). The molecule has 0 saturated carbocycles. The maximum absolute atomic E-state index is 12.6. The smallest absolute Gasteiger partial charge is 0.406 e. The second-order valence-electron chi connectivity index (χ2n) is 9.26. The van der Waals surface area contributed by atoms with Crippen molar-refractivity contribution in [3.8, 4) is 5.75 Å². The monoisotopic (exact) mass is 546 g/mol.